The van der Waals surface area contributed by atoms with Gasteiger partial charge in [-0.3, -0.25) is 9.59 Å². The summed E-state index contributed by atoms with van der Waals surface area (Å²) in [7, 11) is 0. The summed E-state index contributed by atoms with van der Waals surface area (Å²) < 4.78 is 13.9. The molecule has 0 bridgehead atoms. The Hall–Kier alpha value is -2.84. The molecule has 3 amide bonds. The van der Waals surface area contributed by atoms with E-state index in [0.29, 0.717) is 12.8 Å². The molecular formula is C15H18FN3O5. The predicted octanol–water partition coefficient (Wildman–Crippen LogP) is 0.186. The van der Waals surface area contributed by atoms with E-state index in [1.165, 1.54) is 17.0 Å². The Morgan fingerprint density at radius 3 is 2.71 bits per heavy atom. The first-order valence-corrected chi connectivity index (χ1v) is 7.36. The lowest BCUT2D eigenvalue weighted by atomic mass is 10.0. The van der Waals surface area contributed by atoms with Gasteiger partial charge in [-0.15, -0.1) is 0 Å². The minimum Gasteiger partial charge on any atom is -0.508 e. The SMILES string of the molecule is NC(=O)[C@@H]1CCCN1C(=O)[C@H](Cc1ccc(O)cc1F)NC(=O)O. The lowest BCUT2D eigenvalue weighted by molar-refractivity contribution is -0.138. The van der Waals surface area contributed by atoms with Gasteiger partial charge in [0.1, 0.15) is 23.7 Å². The number of phenols is 1. The van der Waals surface area contributed by atoms with Gasteiger partial charge in [0.2, 0.25) is 11.8 Å². The van der Waals surface area contributed by atoms with E-state index in [2.05, 4.69) is 5.32 Å². The number of carboxylic acid groups (broad SMARTS) is 1. The molecule has 130 valence electrons. The molecule has 0 aliphatic carbocycles. The maximum atomic E-state index is 13.9. The largest absolute Gasteiger partial charge is 0.508 e. The third-order valence-corrected chi connectivity index (χ3v) is 3.92. The molecule has 24 heavy (non-hydrogen) atoms. The minimum absolute atomic E-state index is 0.0646. The maximum absolute atomic E-state index is 13.9. The first kappa shape index (κ1) is 17.5. The molecule has 1 fully saturated rings. The fourth-order valence-corrected chi connectivity index (χ4v) is 2.80. The molecule has 8 nitrogen and oxygen atoms in total. The van der Waals surface area contributed by atoms with Crippen molar-refractivity contribution in [1.29, 1.82) is 0 Å². The Morgan fingerprint density at radius 2 is 2.12 bits per heavy atom. The van der Waals surface area contributed by atoms with Gasteiger partial charge in [-0.05, 0) is 24.5 Å². The molecule has 0 aromatic heterocycles. The van der Waals surface area contributed by atoms with E-state index in [9.17, 15) is 23.9 Å². The summed E-state index contributed by atoms with van der Waals surface area (Å²) >= 11 is 0. The normalized spacial score (nSPS) is 18.2. The number of primary amides is 1. The van der Waals surface area contributed by atoms with Crippen molar-refractivity contribution in [2.24, 2.45) is 5.73 Å². The highest BCUT2D eigenvalue weighted by Gasteiger charge is 2.36. The maximum Gasteiger partial charge on any atom is 0.405 e. The fourth-order valence-electron chi connectivity index (χ4n) is 2.80. The van der Waals surface area contributed by atoms with Gasteiger partial charge in [0, 0.05) is 19.0 Å². The second-order valence-corrected chi connectivity index (χ2v) is 5.57. The zero-order chi connectivity index (χ0) is 17.9. The molecule has 0 saturated carbocycles. The van der Waals surface area contributed by atoms with Crippen molar-refractivity contribution in [2.75, 3.05) is 6.54 Å². The lowest BCUT2D eigenvalue weighted by Crippen LogP contribution is -2.53. The molecule has 1 aliphatic rings. The van der Waals surface area contributed by atoms with Gasteiger partial charge >= 0.3 is 6.09 Å². The van der Waals surface area contributed by atoms with E-state index in [4.69, 9.17) is 10.8 Å². The van der Waals surface area contributed by atoms with E-state index >= 15 is 0 Å². The van der Waals surface area contributed by atoms with E-state index in [1.54, 1.807) is 0 Å². The summed E-state index contributed by atoms with van der Waals surface area (Å²) in [5.41, 5.74) is 5.33. The fraction of sp³-hybridized carbons (Fsp3) is 0.400. The van der Waals surface area contributed by atoms with Gasteiger partial charge in [-0.25, -0.2) is 9.18 Å². The van der Waals surface area contributed by atoms with Crippen LogP contribution in [0.25, 0.3) is 0 Å². The molecular weight excluding hydrogens is 321 g/mol. The van der Waals surface area contributed by atoms with Crippen molar-refractivity contribution in [3.8, 4) is 5.75 Å². The van der Waals surface area contributed by atoms with Gasteiger partial charge in [-0.2, -0.15) is 0 Å². The number of hydrogen-bond donors (Lipinski definition) is 4. The monoisotopic (exact) mass is 339 g/mol. The predicted molar refractivity (Wildman–Crippen MR) is 80.6 cm³/mol. The second kappa shape index (κ2) is 7.16. The first-order valence-electron chi connectivity index (χ1n) is 7.36. The molecule has 1 aromatic rings. The molecule has 2 atom stereocenters. The topological polar surface area (TPSA) is 133 Å². The number of halogens is 1. The number of carbonyl (C=O) groups is 3. The van der Waals surface area contributed by atoms with Crippen LogP contribution in [0.15, 0.2) is 18.2 Å². The highest BCUT2D eigenvalue weighted by atomic mass is 19.1. The van der Waals surface area contributed by atoms with E-state index in [0.717, 1.165) is 6.07 Å². The number of rotatable bonds is 5. The number of nitrogens with two attached hydrogens (primary N) is 1. The number of phenolic OH excluding ortho intramolecular Hbond substituents is 1. The Balaban J connectivity index is 2.22. The number of amides is 3. The van der Waals surface area contributed by atoms with Crippen LogP contribution in [0, 0.1) is 5.82 Å². The van der Waals surface area contributed by atoms with Crippen LogP contribution in [0.1, 0.15) is 18.4 Å². The van der Waals surface area contributed by atoms with Crippen LogP contribution in [0.5, 0.6) is 5.75 Å². The van der Waals surface area contributed by atoms with Crippen LogP contribution in [0.4, 0.5) is 9.18 Å². The Morgan fingerprint density at radius 1 is 1.42 bits per heavy atom. The molecule has 0 radical (unpaired) electrons. The van der Waals surface area contributed by atoms with Gasteiger partial charge in [0.15, 0.2) is 0 Å². The van der Waals surface area contributed by atoms with E-state index in [1.807, 2.05) is 0 Å². The molecule has 0 spiro atoms. The Kier molecular flexibility index (Phi) is 5.22. The zero-order valence-electron chi connectivity index (χ0n) is 12.7. The van der Waals surface area contributed by atoms with Crippen molar-refractivity contribution in [3.63, 3.8) is 0 Å². The Labute approximate surface area is 137 Å². The van der Waals surface area contributed by atoms with E-state index in [-0.39, 0.29) is 24.3 Å². The summed E-state index contributed by atoms with van der Waals surface area (Å²) in [5.74, 6) is -2.33. The summed E-state index contributed by atoms with van der Waals surface area (Å²) in [5, 5.41) is 20.2. The average molecular weight is 339 g/mol. The van der Waals surface area contributed by atoms with Crippen LogP contribution in [-0.2, 0) is 16.0 Å². The van der Waals surface area contributed by atoms with Crippen LogP contribution >= 0.6 is 0 Å². The number of carbonyl (C=O) groups excluding carboxylic acids is 2. The summed E-state index contributed by atoms with van der Waals surface area (Å²) in [6, 6.07) is 1.33. The number of benzene rings is 1. The molecule has 5 N–H and O–H groups in total. The number of nitrogens with zero attached hydrogens (tertiary/aromatic N) is 1. The third-order valence-electron chi connectivity index (χ3n) is 3.92. The van der Waals surface area contributed by atoms with Crippen LogP contribution in [-0.4, -0.2) is 51.6 Å². The van der Waals surface area contributed by atoms with Crippen LogP contribution in [0.3, 0.4) is 0 Å². The number of hydrogen-bond acceptors (Lipinski definition) is 4. The zero-order valence-corrected chi connectivity index (χ0v) is 12.7. The van der Waals surface area contributed by atoms with Gasteiger partial charge in [0.25, 0.3) is 0 Å². The average Bonchev–Trinajstić information content (AvgIpc) is 2.97. The molecule has 1 aromatic carbocycles. The van der Waals surface area contributed by atoms with Crippen LogP contribution in [0.2, 0.25) is 0 Å². The van der Waals surface area contributed by atoms with Crippen molar-refractivity contribution in [3.05, 3.63) is 29.6 Å². The van der Waals surface area contributed by atoms with Crippen molar-refractivity contribution in [1.82, 2.24) is 10.2 Å². The van der Waals surface area contributed by atoms with Gasteiger partial charge in [0.05, 0.1) is 0 Å². The molecule has 9 heteroatoms. The second-order valence-electron chi connectivity index (χ2n) is 5.57. The summed E-state index contributed by atoms with van der Waals surface area (Å²) in [6.07, 6.45) is -0.706. The lowest BCUT2D eigenvalue weighted by Gasteiger charge is -2.27. The molecule has 1 saturated heterocycles. The van der Waals surface area contributed by atoms with Crippen molar-refractivity contribution >= 4 is 17.9 Å². The third kappa shape index (κ3) is 3.92. The smallest absolute Gasteiger partial charge is 0.405 e. The van der Waals surface area contributed by atoms with Crippen molar-refractivity contribution < 1.29 is 29.0 Å². The minimum atomic E-state index is -1.44. The number of aromatic hydroxyl groups is 1. The Bertz CT molecular complexity index is 667. The van der Waals surface area contributed by atoms with Gasteiger partial charge < -0.3 is 26.2 Å². The molecule has 0 unspecified atom stereocenters. The summed E-state index contributed by atoms with van der Waals surface area (Å²) in [6.45, 7) is 0.280. The highest BCUT2D eigenvalue weighted by Crippen LogP contribution is 2.21. The van der Waals surface area contributed by atoms with E-state index < -0.39 is 35.8 Å². The quantitative estimate of drug-likeness (QED) is 0.607. The number of nitrogens with one attached hydrogen (secondary N) is 1. The van der Waals surface area contributed by atoms with Crippen LogP contribution < -0.4 is 11.1 Å². The molecule has 1 aliphatic heterocycles. The molecule has 2 rings (SSSR count). The highest BCUT2D eigenvalue weighted by molar-refractivity contribution is 5.91. The van der Waals surface area contributed by atoms with Crippen molar-refractivity contribution in [2.45, 2.75) is 31.3 Å². The standard InChI is InChI=1S/C15H18FN3O5/c16-10-7-9(20)4-3-8(10)6-11(18-15(23)24)14(22)19-5-1-2-12(19)13(17)21/h3-4,7,11-12,18,20H,1-2,5-6H2,(H2,17,21)(H,23,24)/t11-,12-/m0/s1. The first-order chi connectivity index (χ1) is 11.3. The molecule has 1 heterocycles. The van der Waals surface area contributed by atoms with Gasteiger partial charge in [-0.1, -0.05) is 6.07 Å². The summed E-state index contributed by atoms with van der Waals surface area (Å²) in [4.78, 5) is 36.2. The number of likely N-dealkylation sites (tertiary alicyclic amines) is 1.